The molecular weight excluding hydrogens is 2040 g/mol. The zero-order valence-electron chi connectivity index (χ0n) is 79.5. The molecule has 0 amide bonds. The van der Waals surface area contributed by atoms with Crippen molar-refractivity contribution in [2.24, 2.45) is 0 Å². The number of nitrogens with one attached hydrogen (secondary N) is 1. The van der Waals surface area contributed by atoms with Crippen LogP contribution in [0.25, 0.3) is 44.8 Å². The molecule has 3 N–H and O–H groups in total. The van der Waals surface area contributed by atoms with E-state index in [-0.39, 0.29) is 110 Å². The van der Waals surface area contributed by atoms with Crippen molar-refractivity contribution in [2.45, 2.75) is 110 Å². The molecule has 31 nitrogen and oxygen atoms in total. The van der Waals surface area contributed by atoms with E-state index in [9.17, 15) is 71.9 Å². The average Bonchev–Trinajstić information content (AvgIpc) is 1.58. The number of rotatable bonds is 37. The third-order valence-corrected chi connectivity index (χ3v) is 26.5. The summed E-state index contributed by atoms with van der Waals surface area (Å²) in [4.78, 5) is 51.5. The number of anilines is 1. The number of sulfone groups is 4. The summed E-state index contributed by atoms with van der Waals surface area (Å²) in [7, 11) is -8.52. The number of ether oxygens (including phenoxy) is 8. The van der Waals surface area contributed by atoms with Gasteiger partial charge in [-0.1, -0.05) is 84.9 Å². The summed E-state index contributed by atoms with van der Waals surface area (Å²) in [5, 5.41) is 24.3. The number of methoxy groups -OCH3 is 4. The van der Waals surface area contributed by atoms with Crippen molar-refractivity contribution in [3.8, 4) is 79.8 Å². The second kappa shape index (κ2) is 48.4. The molecule has 0 radical (unpaired) electrons. The van der Waals surface area contributed by atoms with Gasteiger partial charge in [-0.25, -0.2) is 51.6 Å². The number of nitrogen functional groups attached to an aromatic ring is 1. The molecule has 4 atom stereocenters. The average molecular weight is 2150 g/mol. The number of imidazole rings is 1. The number of nitrogens with zero attached hydrogens (tertiary/aromatic N) is 6. The van der Waals surface area contributed by atoms with Crippen LogP contribution in [0.15, 0.2) is 205 Å². The van der Waals surface area contributed by atoms with Gasteiger partial charge in [0.1, 0.15) is 73.9 Å². The minimum atomic E-state index is -3.51. The van der Waals surface area contributed by atoms with Gasteiger partial charge in [-0.05, 0) is 200 Å². The maximum atomic E-state index is 14.5. The number of hydrogen-bond acceptors (Lipinski definition) is 27. The van der Waals surface area contributed by atoms with Crippen LogP contribution < -0.4 is 54.8 Å². The Bertz CT molecular complexity index is 6850. The van der Waals surface area contributed by atoms with Crippen molar-refractivity contribution in [3.63, 3.8) is 0 Å². The van der Waals surface area contributed by atoms with Crippen LogP contribution in [0.2, 0.25) is 0 Å². The molecule has 1 saturated heterocycles. The van der Waals surface area contributed by atoms with Gasteiger partial charge in [0.15, 0.2) is 46.0 Å². The molecule has 1 aliphatic rings. The maximum absolute atomic E-state index is 14.5. The van der Waals surface area contributed by atoms with E-state index in [1.165, 1.54) is 93.2 Å². The molecule has 0 unspecified atom stereocenters. The van der Waals surface area contributed by atoms with Gasteiger partial charge in [-0.15, -0.1) is 0 Å². The van der Waals surface area contributed by atoms with Crippen molar-refractivity contribution < 1.29 is 125 Å². The molecule has 0 aliphatic carbocycles. The molecule has 1 fully saturated rings. The van der Waals surface area contributed by atoms with Crippen LogP contribution in [-0.4, -0.2) is 189 Å². The smallest absolute Gasteiger partial charge is 0.493 e. The Labute approximate surface area is 817 Å². The van der Waals surface area contributed by atoms with Gasteiger partial charge in [0.2, 0.25) is 0 Å². The Morgan fingerprint density at radius 2 is 0.768 bits per heavy atom. The van der Waals surface area contributed by atoms with E-state index in [1.54, 1.807) is 135 Å². The standard InChI is InChI=1S/C25H34BNO8S.C24H24FN3O5S.C24H25FN2O6S.C24H27FN2O4S.CH3.W/c1-8-33-22-15-17(12-13-21(22)32-6)19(16-36(7,30)31)14-18-10-9-11-20(23(18)27(28)29)26-34-24(2,3)25(4,5)35-26;1-4-33-21-13-15(10-11-20(21)32-2)19(14-34(3,30)31)28-18-9-5-7-16(23(18)27-24(28)29)22-17(25)8-6-12-26-22;1-4-33-22-14-16(10-11-21(22)32-2)18(15-34(3,30)31)13-17-7-5-8-19(24(17)27(28)29)23-20(25)9-6-12-26-23;1-4-31-22-14-16(10-11-21(22)30-2)18(15-32(3,28)29)13-17-7-5-8-19(23(17)26)24-20(25)9-6-12-27-24;;/h9-13,15,19H,8,14,16H2,1-7H3;5-13,19H,4,14H2,1-3H3,(H,27,29);5-12,14,18H,4,13,15H2,1-3H3;5-12,14,18H,4,13,15,26H2,1-3H3;1H3;/q;;;;-1;/t2*19-;2*18-;;/m1111../s1. The number of nitrogens with two attached hydrogens (primary N) is 1. The van der Waals surface area contributed by atoms with Crippen molar-refractivity contribution in [1.82, 2.24) is 24.5 Å². The second-order valence-electron chi connectivity index (χ2n) is 33.1. The molecule has 0 bridgehead atoms. The van der Waals surface area contributed by atoms with Crippen LogP contribution in [0, 0.1) is 45.1 Å². The summed E-state index contributed by atoms with van der Waals surface area (Å²) in [6, 6.07) is 47.9. The molecule has 40 heteroatoms. The van der Waals surface area contributed by atoms with Crippen LogP contribution in [0.4, 0.5) is 30.2 Å². The molecular formula is C98H113BF3N8O23S4W-. The topological polar surface area (TPSA) is 418 Å². The van der Waals surface area contributed by atoms with Crippen molar-refractivity contribution in [1.29, 1.82) is 0 Å². The number of aromatic amines is 1. The SMILES string of the molecule is CCOc1cc([C@@H](CS(C)(=O)=O)n2c(=O)[nH]c3c(-c4ncccc4F)cccc32)ccc1OC.CCOc1cc([C@H](Cc2cccc(-c3ncccc3F)c2N)CS(C)(=O)=O)ccc1OC.CCOc1cc([C@H](Cc2cccc(-c3ncccc3F)c2[N+](=O)[O-])CS(C)(=O)=O)ccc1OC.CCOc1cc([C@H](Cc2cccc(B3OC(C)(C)C(C)(C)O3)c2[N+](=O)[O-])CS(C)(=O)=O)ccc1OC.[CH3-].[W]. The predicted molar refractivity (Wildman–Crippen MR) is 524 cm³/mol. The Kier molecular flexibility index (Phi) is 38.9. The summed E-state index contributed by atoms with van der Waals surface area (Å²) in [6.07, 6.45) is 9.40. The zero-order valence-corrected chi connectivity index (χ0v) is 85.7. The Morgan fingerprint density at radius 3 is 1.14 bits per heavy atom. The molecule has 13 rings (SSSR count). The number of H-pyrrole nitrogens is 1. The Morgan fingerprint density at radius 1 is 0.442 bits per heavy atom. The molecule has 0 spiro atoms. The normalized spacial score (nSPS) is 13.6. The molecule has 738 valence electrons. The number of aromatic nitrogens is 5. The van der Waals surface area contributed by atoms with Gasteiger partial charge < -0.3 is 65.3 Å². The van der Waals surface area contributed by atoms with Crippen LogP contribution in [-0.2, 0) is 89.0 Å². The first-order valence-electron chi connectivity index (χ1n) is 43.0. The fourth-order valence-corrected chi connectivity index (χ4v) is 19.9. The molecule has 0 saturated carbocycles. The van der Waals surface area contributed by atoms with Gasteiger partial charge in [0, 0.05) is 110 Å². The molecule has 8 aromatic carbocycles. The number of hydrogen-bond donors (Lipinski definition) is 2. The number of para-hydroxylation sites is 4. The fraction of sp³-hybridized carbons (Fsp3) is 0.337. The second-order valence-corrected chi connectivity index (χ2v) is 41.9. The van der Waals surface area contributed by atoms with Crippen LogP contribution >= 0.6 is 0 Å². The number of halogens is 3. The molecule has 4 aromatic heterocycles. The number of nitro groups is 2. The summed E-state index contributed by atoms with van der Waals surface area (Å²) >= 11 is 0. The fourth-order valence-electron chi connectivity index (χ4n) is 15.9. The minimum absolute atomic E-state index is 0. The Balaban J connectivity index is 0.000000225. The van der Waals surface area contributed by atoms with Gasteiger partial charge in [0.25, 0.3) is 11.4 Å². The number of benzene rings is 8. The summed E-state index contributed by atoms with van der Waals surface area (Å²) < 4.78 is 199. The third-order valence-electron chi connectivity index (χ3n) is 22.6. The summed E-state index contributed by atoms with van der Waals surface area (Å²) in [5.74, 6) is -0.135. The van der Waals surface area contributed by atoms with Crippen molar-refractivity contribution in [3.05, 3.63) is 295 Å². The van der Waals surface area contributed by atoms with E-state index in [2.05, 4.69) is 19.9 Å². The van der Waals surface area contributed by atoms with Gasteiger partial charge in [-0.3, -0.25) is 39.7 Å². The zero-order chi connectivity index (χ0) is 99.5. The predicted octanol–water partition coefficient (Wildman–Crippen LogP) is 16.5. The third kappa shape index (κ3) is 28.5. The van der Waals surface area contributed by atoms with Crippen molar-refractivity contribution in [2.75, 3.05) is 109 Å². The molecule has 12 aromatic rings. The van der Waals surface area contributed by atoms with E-state index in [1.807, 2.05) is 67.5 Å². The Hall–Kier alpha value is -12.3. The van der Waals surface area contributed by atoms with E-state index < -0.39 is 109 Å². The number of fused-ring (bicyclic) bond motifs is 1. The van der Waals surface area contributed by atoms with Crippen LogP contribution in [0.3, 0.4) is 0 Å². The van der Waals surface area contributed by atoms with E-state index in [0.29, 0.717) is 134 Å². The number of nitro benzene ring substituents is 2. The molecule has 5 heterocycles. The van der Waals surface area contributed by atoms with Gasteiger partial charge in [0.05, 0.1) is 127 Å². The van der Waals surface area contributed by atoms with Gasteiger partial charge in [-0.2, -0.15) is 0 Å². The van der Waals surface area contributed by atoms with Crippen LogP contribution in [0.1, 0.15) is 118 Å². The quantitative estimate of drug-likeness (QED) is 0.0120. The molecule has 138 heavy (non-hydrogen) atoms. The first kappa shape index (κ1) is 111. The first-order valence-corrected chi connectivity index (χ1v) is 51.3. The van der Waals surface area contributed by atoms with Crippen LogP contribution in [0.5, 0.6) is 46.0 Å². The van der Waals surface area contributed by atoms with E-state index >= 15 is 0 Å². The summed E-state index contributed by atoms with van der Waals surface area (Å²) in [6.45, 7) is 16.5. The summed E-state index contributed by atoms with van der Waals surface area (Å²) in [5.41, 5.74) is 10.6. The maximum Gasteiger partial charge on any atom is 0.501 e. The van der Waals surface area contributed by atoms with Crippen molar-refractivity contribution >= 4 is 80.0 Å². The first-order chi connectivity index (χ1) is 64.3. The number of pyridine rings is 3. The monoisotopic (exact) mass is 2150 g/mol. The van der Waals surface area contributed by atoms with E-state index in [0.717, 1.165) is 29.9 Å². The van der Waals surface area contributed by atoms with E-state index in [4.69, 9.17) is 52.9 Å². The minimum Gasteiger partial charge on any atom is -0.493 e. The largest absolute Gasteiger partial charge is 0.501 e. The molecule has 1 aliphatic heterocycles. The van der Waals surface area contributed by atoms with Gasteiger partial charge >= 0.3 is 12.8 Å².